The summed E-state index contributed by atoms with van der Waals surface area (Å²) in [6, 6.07) is 4.87. The highest BCUT2D eigenvalue weighted by molar-refractivity contribution is 7.90. The van der Waals surface area contributed by atoms with E-state index in [4.69, 9.17) is 15.2 Å². The average molecular weight is 633 g/mol. The second-order valence-corrected chi connectivity index (χ2v) is 14.4. The Kier molecular flexibility index (Phi) is 10.7. The summed E-state index contributed by atoms with van der Waals surface area (Å²) in [5.41, 5.74) is 4.60. The van der Waals surface area contributed by atoms with Crippen LogP contribution in [0.1, 0.15) is 51.5 Å². The van der Waals surface area contributed by atoms with E-state index in [0.29, 0.717) is 31.9 Å². The standard InChI is InChI=1S/C31H44N4O8S/c1-21(33-26(36)19-35-13-15-42-16-14-35)28(38)34-31(29(32)39,18-23-9-11-24(12-10-23)44(3,40)41)25(27(37)30(2)20-43-30)17-22-7-5-4-6-8-22/h7,9-12,21,25H,4-6,8,13-20H2,1-3H3,(H2,32,39)(H,33,36)(H,34,38)/t21-,25+,30+,31?/m0/s1. The minimum atomic E-state index is -3.48. The number of benzene rings is 1. The normalized spacial score (nSPS) is 23.4. The summed E-state index contributed by atoms with van der Waals surface area (Å²) in [6.07, 6.45) is 6.74. The lowest BCUT2D eigenvalue weighted by atomic mass is 9.69. The molecule has 1 aromatic rings. The van der Waals surface area contributed by atoms with E-state index in [1.54, 1.807) is 19.1 Å². The third-order valence-electron chi connectivity index (χ3n) is 8.72. The number of carbonyl (C=O) groups is 4. The van der Waals surface area contributed by atoms with Crippen LogP contribution in [-0.4, -0.2) is 99.7 Å². The van der Waals surface area contributed by atoms with Crippen LogP contribution in [0.25, 0.3) is 0 Å². The zero-order chi connectivity index (χ0) is 32.1. The smallest absolute Gasteiger partial charge is 0.244 e. The molecule has 44 heavy (non-hydrogen) atoms. The molecule has 4 atom stereocenters. The van der Waals surface area contributed by atoms with Crippen LogP contribution in [0.15, 0.2) is 40.8 Å². The van der Waals surface area contributed by atoms with Crippen molar-refractivity contribution in [1.29, 1.82) is 0 Å². The number of ketones is 1. The quantitative estimate of drug-likeness (QED) is 0.197. The van der Waals surface area contributed by atoms with E-state index < -0.39 is 44.8 Å². The van der Waals surface area contributed by atoms with Gasteiger partial charge in [-0.15, -0.1) is 0 Å². The predicted molar refractivity (Wildman–Crippen MR) is 162 cm³/mol. The van der Waals surface area contributed by atoms with Crippen molar-refractivity contribution in [2.75, 3.05) is 45.7 Å². The average Bonchev–Trinajstić information content (AvgIpc) is 3.74. The number of nitrogens with two attached hydrogens (primary N) is 1. The molecule has 0 aromatic heterocycles. The van der Waals surface area contributed by atoms with Gasteiger partial charge < -0.3 is 25.8 Å². The lowest BCUT2D eigenvalue weighted by molar-refractivity contribution is -0.142. The Morgan fingerprint density at radius 3 is 2.32 bits per heavy atom. The number of nitrogens with one attached hydrogen (secondary N) is 2. The molecular formula is C31H44N4O8S. The molecule has 1 unspecified atom stereocenters. The Morgan fingerprint density at radius 2 is 1.77 bits per heavy atom. The van der Waals surface area contributed by atoms with Gasteiger partial charge in [0.05, 0.1) is 37.2 Å². The van der Waals surface area contributed by atoms with Crippen molar-refractivity contribution in [3.8, 4) is 0 Å². The predicted octanol–water partition coefficient (Wildman–Crippen LogP) is 0.675. The maximum absolute atomic E-state index is 14.1. The molecule has 3 amide bonds. The summed E-state index contributed by atoms with van der Waals surface area (Å²) in [7, 11) is -3.48. The second-order valence-electron chi connectivity index (χ2n) is 12.3. The molecule has 0 bridgehead atoms. The molecule has 2 saturated heterocycles. The highest BCUT2D eigenvalue weighted by Gasteiger charge is 2.58. The number of hydrogen-bond acceptors (Lipinski definition) is 9. The van der Waals surface area contributed by atoms with Gasteiger partial charge in [0.15, 0.2) is 15.6 Å². The van der Waals surface area contributed by atoms with Crippen LogP contribution in [0.4, 0.5) is 0 Å². The van der Waals surface area contributed by atoms with Crippen LogP contribution in [0.5, 0.6) is 0 Å². The summed E-state index contributed by atoms with van der Waals surface area (Å²) in [5, 5.41) is 5.51. The number of allylic oxidation sites excluding steroid dienone is 2. The van der Waals surface area contributed by atoms with Crippen molar-refractivity contribution < 1.29 is 37.1 Å². The molecule has 4 rings (SSSR count). The van der Waals surface area contributed by atoms with Crippen LogP contribution >= 0.6 is 0 Å². The van der Waals surface area contributed by atoms with E-state index in [2.05, 4.69) is 16.7 Å². The first-order valence-corrected chi connectivity index (χ1v) is 17.0. The number of ether oxygens (including phenoxy) is 2. The van der Waals surface area contributed by atoms with Crippen molar-refractivity contribution in [2.45, 2.75) is 74.4 Å². The molecule has 1 aromatic carbocycles. The molecule has 12 nitrogen and oxygen atoms in total. The lowest BCUT2D eigenvalue weighted by Crippen LogP contribution is -2.68. The van der Waals surface area contributed by atoms with Crippen LogP contribution in [0.2, 0.25) is 0 Å². The highest BCUT2D eigenvalue weighted by atomic mass is 32.2. The molecule has 13 heteroatoms. The summed E-state index contributed by atoms with van der Waals surface area (Å²) >= 11 is 0. The number of nitrogens with zero attached hydrogens (tertiary/aromatic N) is 1. The van der Waals surface area contributed by atoms with Gasteiger partial charge in [0, 0.05) is 25.8 Å². The SMILES string of the molecule is C[C@H](NC(=O)CN1CCOCC1)C(=O)NC(Cc1ccc(S(C)(=O)=O)cc1)(C(N)=O)[C@H](CC1=CCCCC1)C(=O)[C@@]1(C)CO1. The van der Waals surface area contributed by atoms with Gasteiger partial charge in [-0.1, -0.05) is 23.8 Å². The van der Waals surface area contributed by atoms with Crippen molar-refractivity contribution in [3.63, 3.8) is 0 Å². The molecule has 0 spiro atoms. The van der Waals surface area contributed by atoms with Gasteiger partial charge in [-0.05, 0) is 63.6 Å². The van der Waals surface area contributed by atoms with Crippen molar-refractivity contribution in [1.82, 2.24) is 15.5 Å². The van der Waals surface area contributed by atoms with Crippen molar-refractivity contribution in [2.24, 2.45) is 11.7 Å². The molecular weight excluding hydrogens is 588 g/mol. The van der Waals surface area contributed by atoms with Crippen molar-refractivity contribution >= 4 is 33.3 Å². The molecule has 0 radical (unpaired) electrons. The Labute approximate surface area is 259 Å². The number of amides is 3. The number of hydrogen-bond donors (Lipinski definition) is 3. The van der Waals surface area contributed by atoms with Crippen LogP contribution in [0, 0.1) is 5.92 Å². The summed E-state index contributed by atoms with van der Waals surface area (Å²) < 4.78 is 35.0. The Bertz CT molecular complexity index is 1380. The van der Waals surface area contributed by atoms with E-state index in [-0.39, 0.29) is 42.6 Å². The first-order valence-electron chi connectivity index (χ1n) is 15.1. The van der Waals surface area contributed by atoms with Crippen LogP contribution < -0.4 is 16.4 Å². The first-order chi connectivity index (χ1) is 20.7. The molecule has 1 aliphatic carbocycles. The Hall–Kier alpha value is -3.13. The molecule has 4 N–H and O–H groups in total. The van der Waals surface area contributed by atoms with Gasteiger partial charge in [-0.3, -0.25) is 24.1 Å². The van der Waals surface area contributed by atoms with Gasteiger partial charge in [0.25, 0.3) is 0 Å². The van der Waals surface area contributed by atoms with E-state index in [9.17, 15) is 27.6 Å². The minimum absolute atomic E-state index is 0.0829. The third kappa shape index (κ3) is 8.32. The van der Waals surface area contributed by atoms with E-state index in [0.717, 1.165) is 37.5 Å². The summed E-state index contributed by atoms with van der Waals surface area (Å²) in [5.74, 6) is -3.38. The van der Waals surface area contributed by atoms with Gasteiger partial charge in [-0.2, -0.15) is 0 Å². The molecule has 3 aliphatic rings. The highest BCUT2D eigenvalue weighted by Crippen LogP contribution is 2.40. The fraction of sp³-hybridized carbons (Fsp3) is 0.613. The fourth-order valence-corrected chi connectivity index (χ4v) is 6.49. The first kappa shape index (κ1) is 33.8. The fourth-order valence-electron chi connectivity index (χ4n) is 5.86. The lowest BCUT2D eigenvalue weighted by Gasteiger charge is -2.40. The third-order valence-corrected chi connectivity index (χ3v) is 9.85. The van der Waals surface area contributed by atoms with E-state index in [1.165, 1.54) is 19.1 Å². The van der Waals surface area contributed by atoms with Crippen LogP contribution in [-0.2, 0) is 44.9 Å². The van der Waals surface area contributed by atoms with E-state index >= 15 is 0 Å². The summed E-state index contributed by atoms with van der Waals surface area (Å²) in [6.45, 7) is 5.65. The molecule has 0 saturated carbocycles. The maximum atomic E-state index is 14.1. The number of sulfone groups is 1. The largest absolute Gasteiger partial charge is 0.379 e. The van der Waals surface area contributed by atoms with Gasteiger partial charge in [0.2, 0.25) is 17.7 Å². The number of Topliss-reactive ketones (excluding diaryl/α,β-unsaturated/α-hetero) is 1. The maximum Gasteiger partial charge on any atom is 0.244 e. The summed E-state index contributed by atoms with van der Waals surface area (Å²) in [4.78, 5) is 56.3. The Balaban J connectivity index is 1.68. The number of primary amides is 1. The number of carbonyl (C=O) groups excluding carboxylic acids is 4. The zero-order valence-electron chi connectivity index (χ0n) is 25.7. The molecule has 2 aliphatic heterocycles. The molecule has 2 heterocycles. The number of rotatable bonds is 14. The molecule has 2 fully saturated rings. The van der Waals surface area contributed by atoms with Gasteiger partial charge >= 0.3 is 0 Å². The van der Waals surface area contributed by atoms with Gasteiger partial charge in [-0.25, -0.2) is 8.42 Å². The topological polar surface area (TPSA) is 178 Å². The number of epoxide rings is 1. The van der Waals surface area contributed by atoms with E-state index in [1.807, 2.05) is 4.90 Å². The van der Waals surface area contributed by atoms with Gasteiger partial charge in [0.1, 0.15) is 17.2 Å². The van der Waals surface area contributed by atoms with Crippen molar-refractivity contribution in [3.05, 3.63) is 41.5 Å². The molecule has 242 valence electrons. The zero-order valence-corrected chi connectivity index (χ0v) is 26.5. The number of morpholine rings is 1. The monoisotopic (exact) mass is 632 g/mol. The Morgan fingerprint density at radius 1 is 1.11 bits per heavy atom. The second kappa shape index (κ2) is 13.9. The minimum Gasteiger partial charge on any atom is -0.379 e. The van der Waals surface area contributed by atoms with Crippen LogP contribution in [0.3, 0.4) is 0 Å².